The molecule has 0 aliphatic heterocycles. The van der Waals surface area contributed by atoms with Gasteiger partial charge in [-0.1, -0.05) is 0 Å². The molecule has 1 heterocycles. The van der Waals surface area contributed by atoms with Gasteiger partial charge in [-0.05, 0) is 56.0 Å². The van der Waals surface area contributed by atoms with Gasteiger partial charge in [-0.15, -0.1) is 0 Å². The van der Waals surface area contributed by atoms with Gasteiger partial charge in [-0.2, -0.15) is 0 Å². The molecule has 0 unspecified atom stereocenters. The summed E-state index contributed by atoms with van der Waals surface area (Å²) in [5, 5.41) is 2.27. The summed E-state index contributed by atoms with van der Waals surface area (Å²) in [5.41, 5.74) is 0. The van der Waals surface area contributed by atoms with E-state index in [0.29, 0.717) is 0 Å². The first-order valence-electron chi connectivity index (χ1n) is 3.99. The van der Waals surface area contributed by atoms with Crippen LogP contribution < -0.4 is 4.74 Å². The summed E-state index contributed by atoms with van der Waals surface area (Å²) in [6, 6.07) is 4.00. The van der Waals surface area contributed by atoms with Crippen LogP contribution in [0.2, 0.25) is 0 Å². The highest BCUT2D eigenvalue weighted by molar-refractivity contribution is 14.1. The van der Waals surface area contributed by atoms with E-state index in [-0.39, 0.29) is 0 Å². The lowest BCUT2D eigenvalue weighted by molar-refractivity contribution is 0.413. The van der Waals surface area contributed by atoms with E-state index in [9.17, 15) is 0 Å². The molecule has 0 N–H and O–H groups in total. The van der Waals surface area contributed by atoms with E-state index in [1.807, 2.05) is 24.5 Å². The van der Waals surface area contributed by atoms with Crippen molar-refractivity contribution in [2.45, 2.75) is 0 Å². The first-order valence-corrected chi connectivity index (χ1v) is 5.87. The van der Waals surface area contributed by atoms with E-state index < -0.39 is 0 Å². The minimum Gasteiger partial charge on any atom is -0.496 e. The smallest absolute Gasteiger partial charge is 0.133 e. The lowest BCUT2D eigenvalue weighted by atomic mass is 10.2. The van der Waals surface area contributed by atoms with Crippen LogP contribution in [0.4, 0.5) is 0 Å². The quantitative estimate of drug-likeness (QED) is 0.722. The van der Waals surface area contributed by atoms with E-state index in [2.05, 4.69) is 43.5 Å². The third-order valence-electron chi connectivity index (χ3n) is 2.01. The molecule has 4 heteroatoms. The number of benzene rings is 1. The zero-order valence-electron chi connectivity index (χ0n) is 7.42. The molecule has 0 aliphatic rings. The summed E-state index contributed by atoms with van der Waals surface area (Å²) in [4.78, 5) is 4.16. The van der Waals surface area contributed by atoms with Gasteiger partial charge in [-0.25, -0.2) is 0 Å². The van der Waals surface area contributed by atoms with Crippen LogP contribution >= 0.6 is 38.5 Å². The Hall–Kier alpha value is -0.360. The highest BCUT2D eigenvalue weighted by atomic mass is 127. The molecule has 0 aliphatic carbocycles. The summed E-state index contributed by atoms with van der Waals surface area (Å²) < 4.78 is 7.32. The maximum Gasteiger partial charge on any atom is 0.133 e. The zero-order valence-corrected chi connectivity index (χ0v) is 11.2. The summed E-state index contributed by atoms with van der Waals surface area (Å²) in [6.07, 6.45) is 3.69. The first-order chi connectivity index (χ1) is 6.74. The largest absolute Gasteiger partial charge is 0.496 e. The fourth-order valence-electron chi connectivity index (χ4n) is 1.31. The standard InChI is InChI=1S/C10H7BrINO/c1-14-9-3-2-6-7(10(9)11)4-13-5-8(6)12/h2-5H,1H3. The molecule has 0 saturated heterocycles. The Kier molecular flexibility index (Phi) is 2.92. The monoisotopic (exact) mass is 363 g/mol. The molecule has 0 fully saturated rings. The number of hydrogen-bond donors (Lipinski definition) is 0. The molecule has 14 heavy (non-hydrogen) atoms. The van der Waals surface area contributed by atoms with Crippen LogP contribution in [-0.2, 0) is 0 Å². The molecular formula is C10H7BrINO. The predicted octanol–water partition coefficient (Wildman–Crippen LogP) is 3.61. The number of ether oxygens (including phenoxy) is 1. The molecular weight excluding hydrogens is 357 g/mol. The van der Waals surface area contributed by atoms with Crippen molar-refractivity contribution in [3.63, 3.8) is 0 Å². The van der Waals surface area contributed by atoms with Gasteiger partial charge in [0.1, 0.15) is 5.75 Å². The summed E-state index contributed by atoms with van der Waals surface area (Å²) in [6.45, 7) is 0. The van der Waals surface area contributed by atoms with Crippen LogP contribution in [0.5, 0.6) is 5.75 Å². The van der Waals surface area contributed by atoms with Crippen LogP contribution in [0.15, 0.2) is 29.0 Å². The third kappa shape index (κ3) is 1.61. The molecule has 1 aromatic heterocycles. The van der Waals surface area contributed by atoms with Crippen molar-refractivity contribution in [3.05, 3.63) is 32.6 Å². The molecule has 0 bridgehead atoms. The minimum atomic E-state index is 0.835. The second kappa shape index (κ2) is 4.02. The Morgan fingerprint density at radius 3 is 2.79 bits per heavy atom. The van der Waals surface area contributed by atoms with Crippen LogP contribution in [-0.4, -0.2) is 12.1 Å². The van der Waals surface area contributed by atoms with Crippen molar-refractivity contribution in [2.75, 3.05) is 7.11 Å². The Balaban J connectivity index is 2.84. The fraction of sp³-hybridized carbons (Fsp3) is 0.100. The molecule has 1 aromatic carbocycles. The average Bonchev–Trinajstić information content (AvgIpc) is 2.20. The Morgan fingerprint density at radius 1 is 1.29 bits per heavy atom. The topological polar surface area (TPSA) is 22.1 Å². The molecule has 0 atom stereocenters. The molecule has 0 radical (unpaired) electrons. The van der Waals surface area contributed by atoms with Gasteiger partial charge >= 0.3 is 0 Å². The number of aromatic nitrogens is 1. The lowest BCUT2D eigenvalue weighted by Crippen LogP contribution is -1.87. The first kappa shape index (κ1) is 10.2. The van der Waals surface area contributed by atoms with Crippen molar-refractivity contribution in [1.82, 2.24) is 4.98 Å². The summed E-state index contributed by atoms with van der Waals surface area (Å²) in [5.74, 6) is 0.835. The van der Waals surface area contributed by atoms with E-state index >= 15 is 0 Å². The molecule has 0 amide bonds. The van der Waals surface area contributed by atoms with Crippen molar-refractivity contribution >= 4 is 49.3 Å². The van der Waals surface area contributed by atoms with E-state index in [0.717, 1.165) is 19.2 Å². The normalized spacial score (nSPS) is 10.5. The molecule has 0 spiro atoms. The number of fused-ring (bicyclic) bond motifs is 1. The van der Waals surface area contributed by atoms with Crippen LogP contribution in [0.25, 0.3) is 10.8 Å². The van der Waals surface area contributed by atoms with Gasteiger partial charge in [0.2, 0.25) is 0 Å². The van der Waals surface area contributed by atoms with Gasteiger partial charge in [0.05, 0.1) is 11.6 Å². The Morgan fingerprint density at radius 2 is 2.07 bits per heavy atom. The highest BCUT2D eigenvalue weighted by Crippen LogP contribution is 2.33. The predicted molar refractivity (Wildman–Crippen MR) is 68.7 cm³/mol. The van der Waals surface area contributed by atoms with Crippen molar-refractivity contribution < 1.29 is 4.74 Å². The average molecular weight is 364 g/mol. The van der Waals surface area contributed by atoms with Crippen LogP contribution in [0.1, 0.15) is 0 Å². The fourth-order valence-corrected chi connectivity index (χ4v) is 2.55. The maximum atomic E-state index is 5.22. The van der Waals surface area contributed by atoms with E-state index in [4.69, 9.17) is 4.74 Å². The highest BCUT2D eigenvalue weighted by Gasteiger charge is 2.07. The van der Waals surface area contributed by atoms with E-state index in [1.54, 1.807) is 7.11 Å². The van der Waals surface area contributed by atoms with Crippen LogP contribution in [0.3, 0.4) is 0 Å². The second-order valence-electron chi connectivity index (χ2n) is 2.80. The minimum absolute atomic E-state index is 0.835. The SMILES string of the molecule is COc1ccc2c(I)cncc2c1Br. The van der Waals surface area contributed by atoms with E-state index in [1.165, 1.54) is 5.39 Å². The number of hydrogen-bond acceptors (Lipinski definition) is 2. The zero-order chi connectivity index (χ0) is 10.1. The molecule has 0 saturated carbocycles. The summed E-state index contributed by atoms with van der Waals surface area (Å²) in [7, 11) is 1.66. The van der Waals surface area contributed by atoms with Gasteiger partial charge in [0.15, 0.2) is 0 Å². The van der Waals surface area contributed by atoms with Gasteiger partial charge in [-0.3, -0.25) is 4.98 Å². The Labute approximate surface area is 104 Å². The van der Waals surface area contributed by atoms with Gasteiger partial charge in [0.25, 0.3) is 0 Å². The molecule has 72 valence electrons. The number of methoxy groups -OCH3 is 1. The molecule has 2 nitrogen and oxygen atoms in total. The van der Waals surface area contributed by atoms with Gasteiger partial charge in [0, 0.05) is 21.4 Å². The number of rotatable bonds is 1. The third-order valence-corrected chi connectivity index (χ3v) is 3.69. The number of nitrogens with zero attached hydrogens (tertiary/aromatic N) is 1. The molecule has 2 aromatic rings. The lowest BCUT2D eigenvalue weighted by Gasteiger charge is -2.06. The van der Waals surface area contributed by atoms with Crippen LogP contribution in [0, 0.1) is 3.57 Å². The van der Waals surface area contributed by atoms with Crippen molar-refractivity contribution in [3.8, 4) is 5.75 Å². The summed E-state index contributed by atoms with van der Waals surface area (Å²) >= 11 is 5.78. The van der Waals surface area contributed by atoms with Crippen molar-refractivity contribution in [1.29, 1.82) is 0 Å². The number of halogens is 2. The van der Waals surface area contributed by atoms with Gasteiger partial charge < -0.3 is 4.74 Å². The molecule has 2 rings (SSSR count). The Bertz CT molecular complexity index is 487. The number of pyridine rings is 1. The van der Waals surface area contributed by atoms with Crippen molar-refractivity contribution in [2.24, 2.45) is 0 Å². The second-order valence-corrected chi connectivity index (χ2v) is 4.75. The maximum absolute atomic E-state index is 5.22.